The molecule has 0 heterocycles. The molecule has 0 aliphatic heterocycles. The Morgan fingerprint density at radius 1 is 1.33 bits per heavy atom. The summed E-state index contributed by atoms with van der Waals surface area (Å²) in [5, 5.41) is 17.1. The van der Waals surface area contributed by atoms with Crippen LogP contribution in [0, 0.1) is 27.9 Å². The van der Waals surface area contributed by atoms with Crippen LogP contribution in [0.1, 0.15) is 39.0 Å². The predicted octanol–water partition coefficient (Wildman–Crippen LogP) is 3.34. The van der Waals surface area contributed by atoms with Crippen molar-refractivity contribution in [1.29, 1.82) is 0 Å². The van der Waals surface area contributed by atoms with Gasteiger partial charge in [-0.15, -0.1) is 0 Å². The van der Waals surface area contributed by atoms with Crippen molar-refractivity contribution in [2.24, 2.45) is 17.8 Å². The normalized spacial score (nSPS) is 26.1. The summed E-state index contributed by atoms with van der Waals surface area (Å²) in [4.78, 5) is 22.7. The van der Waals surface area contributed by atoms with E-state index in [0.29, 0.717) is 24.6 Å². The Hall–Kier alpha value is -2.11. The van der Waals surface area contributed by atoms with E-state index >= 15 is 0 Å². The summed E-state index contributed by atoms with van der Waals surface area (Å²) in [6.45, 7) is 2.50. The molecule has 4 unspecified atom stereocenters. The molecule has 24 heavy (non-hydrogen) atoms. The number of nitrogens with one attached hydrogen (secondary N) is 2. The van der Waals surface area contributed by atoms with E-state index in [9.17, 15) is 14.9 Å². The standard InChI is InChI=1S/C18H25N3O3/c1-12(15-11-13-6-7-14(15)10-13)20-18(22)8-9-19-16-4-2-3-5-17(16)21(23)24/h2-5,12-15,19H,6-11H2,1H3,(H,20,22). The lowest BCUT2D eigenvalue weighted by atomic mass is 9.84. The topological polar surface area (TPSA) is 84.3 Å². The van der Waals surface area contributed by atoms with Crippen LogP contribution in [0.5, 0.6) is 0 Å². The van der Waals surface area contributed by atoms with Crippen LogP contribution in [-0.4, -0.2) is 23.4 Å². The molecule has 130 valence electrons. The largest absolute Gasteiger partial charge is 0.379 e. The van der Waals surface area contributed by atoms with Gasteiger partial charge in [0.25, 0.3) is 5.69 Å². The zero-order valence-electron chi connectivity index (χ0n) is 14.0. The Morgan fingerprint density at radius 2 is 2.12 bits per heavy atom. The molecule has 0 spiro atoms. The van der Waals surface area contributed by atoms with Crippen LogP contribution in [0.3, 0.4) is 0 Å². The monoisotopic (exact) mass is 331 g/mol. The fourth-order valence-electron chi connectivity index (χ4n) is 4.43. The highest BCUT2D eigenvalue weighted by Crippen LogP contribution is 2.49. The molecule has 1 aromatic carbocycles. The molecule has 2 fully saturated rings. The predicted molar refractivity (Wildman–Crippen MR) is 92.7 cm³/mol. The number of nitro benzene ring substituents is 1. The van der Waals surface area contributed by atoms with E-state index in [-0.39, 0.29) is 17.6 Å². The lowest BCUT2D eigenvalue weighted by Crippen LogP contribution is -2.40. The molecular weight excluding hydrogens is 306 g/mol. The van der Waals surface area contributed by atoms with Gasteiger partial charge in [-0.3, -0.25) is 14.9 Å². The fourth-order valence-corrected chi connectivity index (χ4v) is 4.43. The van der Waals surface area contributed by atoms with Crippen molar-refractivity contribution in [2.45, 2.75) is 45.1 Å². The molecule has 1 amide bonds. The number of benzene rings is 1. The van der Waals surface area contributed by atoms with Crippen molar-refractivity contribution < 1.29 is 9.72 Å². The molecule has 2 N–H and O–H groups in total. The maximum Gasteiger partial charge on any atom is 0.292 e. The highest BCUT2D eigenvalue weighted by molar-refractivity contribution is 5.77. The maximum atomic E-state index is 12.1. The molecule has 2 aliphatic carbocycles. The van der Waals surface area contributed by atoms with Gasteiger partial charge < -0.3 is 10.6 Å². The van der Waals surface area contributed by atoms with E-state index in [1.807, 2.05) is 0 Å². The zero-order chi connectivity index (χ0) is 17.1. The first-order valence-electron chi connectivity index (χ1n) is 8.81. The summed E-state index contributed by atoms with van der Waals surface area (Å²) in [7, 11) is 0. The minimum atomic E-state index is -0.417. The molecule has 0 aromatic heterocycles. The van der Waals surface area contributed by atoms with Gasteiger partial charge in [0.1, 0.15) is 5.69 Å². The van der Waals surface area contributed by atoms with E-state index in [1.54, 1.807) is 18.2 Å². The number of hydrogen-bond donors (Lipinski definition) is 2. The number of nitro groups is 1. The summed E-state index contributed by atoms with van der Waals surface area (Å²) in [6.07, 6.45) is 5.58. The molecule has 3 rings (SSSR count). The first-order valence-corrected chi connectivity index (χ1v) is 8.81. The third-order valence-electron chi connectivity index (χ3n) is 5.59. The molecule has 0 saturated heterocycles. The van der Waals surface area contributed by atoms with E-state index in [4.69, 9.17) is 0 Å². The van der Waals surface area contributed by atoms with Crippen molar-refractivity contribution in [3.63, 3.8) is 0 Å². The number of nitrogens with zero attached hydrogens (tertiary/aromatic N) is 1. The second-order valence-corrected chi connectivity index (χ2v) is 7.15. The van der Waals surface area contributed by atoms with Crippen molar-refractivity contribution in [3.8, 4) is 0 Å². The number of carbonyl (C=O) groups is 1. The molecule has 6 nitrogen and oxygen atoms in total. The first-order chi connectivity index (χ1) is 11.5. The van der Waals surface area contributed by atoms with Gasteiger partial charge in [-0.2, -0.15) is 0 Å². The highest BCUT2D eigenvalue weighted by Gasteiger charge is 2.42. The quantitative estimate of drug-likeness (QED) is 0.593. The Balaban J connectivity index is 1.44. The van der Waals surface area contributed by atoms with Crippen LogP contribution in [0.15, 0.2) is 24.3 Å². The SMILES string of the molecule is CC(NC(=O)CCNc1ccccc1[N+](=O)[O-])C1CC2CCC1C2. The van der Waals surface area contributed by atoms with Crippen LogP contribution in [0.4, 0.5) is 11.4 Å². The van der Waals surface area contributed by atoms with Crippen LogP contribution >= 0.6 is 0 Å². The molecule has 2 aliphatic rings. The van der Waals surface area contributed by atoms with Gasteiger partial charge in [0, 0.05) is 25.1 Å². The number of carbonyl (C=O) groups excluding carboxylic acids is 1. The molecule has 1 aromatic rings. The number of fused-ring (bicyclic) bond motifs is 2. The van der Waals surface area contributed by atoms with Gasteiger partial charge in [0.2, 0.25) is 5.91 Å². The molecule has 4 atom stereocenters. The smallest absolute Gasteiger partial charge is 0.292 e. The molecule has 2 bridgehead atoms. The van der Waals surface area contributed by atoms with Crippen LogP contribution in [0.2, 0.25) is 0 Å². The second-order valence-electron chi connectivity index (χ2n) is 7.15. The third kappa shape index (κ3) is 3.68. The number of para-hydroxylation sites is 2. The van der Waals surface area contributed by atoms with Crippen LogP contribution in [0.25, 0.3) is 0 Å². The lowest BCUT2D eigenvalue weighted by Gasteiger charge is -2.28. The van der Waals surface area contributed by atoms with Gasteiger partial charge in [-0.05, 0) is 50.0 Å². The van der Waals surface area contributed by atoms with Gasteiger partial charge in [0.15, 0.2) is 0 Å². The van der Waals surface area contributed by atoms with Crippen molar-refractivity contribution >= 4 is 17.3 Å². The van der Waals surface area contributed by atoms with Gasteiger partial charge in [-0.25, -0.2) is 0 Å². The summed E-state index contributed by atoms with van der Waals surface area (Å²) < 4.78 is 0. The van der Waals surface area contributed by atoms with E-state index in [1.165, 1.54) is 31.7 Å². The minimum absolute atomic E-state index is 0.0105. The van der Waals surface area contributed by atoms with Crippen LogP contribution < -0.4 is 10.6 Å². The van der Waals surface area contributed by atoms with Crippen molar-refractivity contribution in [3.05, 3.63) is 34.4 Å². The maximum absolute atomic E-state index is 12.1. The zero-order valence-corrected chi connectivity index (χ0v) is 14.0. The third-order valence-corrected chi connectivity index (χ3v) is 5.59. The van der Waals surface area contributed by atoms with E-state index in [0.717, 1.165) is 11.8 Å². The van der Waals surface area contributed by atoms with Gasteiger partial charge in [0.05, 0.1) is 4.92 Å². The average molecular weight is 331 g/mol. The summed E-state index contributed by atoms with van der Waals surface area (Å²) >= 11 is 0. The Labute approximate surface area is 142 Å². The summed E-state index contributed by atoms with van der Waals surface area (Å²) in [5.74, 6) is 2.29. The highest BCUT2D eigenvalue weighted by atomic mass is 16.6. The van der Waals surface area contributed by atoms with Crippen molar-refractivity contribution in [2.75, 3.05) is 11.9 Å². The summed E-state index contributed by atoms with van der Waals surface area (Å²) in [5.41, 5.74) is 0.490. The summed E-state index contributed by atoms with van der Waals surface area (Å²) in [6, 6.07) is 6.71. The molecule has 2 saturated carbocycles. The van der Waals surface area contributed by atoms with E-state index < -0.39 is 4.92 Å². The molecule has 6 heteroatoms. The number of amides is 1. The first kappa shape index (κ1) is 16.7. The van der Waals surface area contributed by atoms with Gasteiger partial charge in [-0.1, -0.05) is 18.6 Å². The van der Waals surface area contributed by atoms with E-state index in [2.05, 4.69) is 17.6 Å². The minimum Gasteiger partial charge on any atom is -0.379 e. The van der Waals surface area contributed by atoms with Gasteiger partial charge >= 0.3 is 0 Å². The Kier molecular flexibility index (Phi) is 5.02. The average Bonchev–Trinajstić information content (AvgIpc) is 3.18. The fraction of sp³-hybridized carbons (Fsp3) is 0.611. The second kappa shape index (κ2) is 7.20. The number of hydrogen-bond acceptors (Lipinski definition) is 4. The molecule has 0 radical (unpaired) electrons. The Morgan fingerprint density at radius 3 is 2.79 bits per heavy atom. The molecular formula is C18H25N3O3. The van der Waals surface area contributed by atoms with Crippen LogP contribution in [-0.2, 0) is 4.79 Å². The number of anilines is 1. The Bertz CT molecular complexity index is 619. The number of rotatable bonds is 7. The lowest BCUT2D eigenvalue weighted by molar-refractivity contribution is -0.384. The van der Waals surface area contributed by atoms with Crippen molar-refractivity contribution in [1.82, 2.24) is 5.32 Å².